The average molecular weight is 180 g/mol. The van der Waals surface area contributed by atoms with Crippen LogP contribution in [-0.2, 0) is 14.3 Å². The molecule has 0 aromatic rings. The van der Waals surface area contributed by atoms with Gasteiger partial charge in [-0.15, -0.1) is 0 Å². The van der Waals surface area contributed by atoms with Crippen LogP contribution in [0.1, 0.15) is 26.7 Å². The molecule has 0 aromatic heterocycles. The summed E-state index contributed by atoms with van der Waals surface area (Å²) in [5, 5.41) is 0. The van der Waals surface area contributed by atoms with Gasteiger partial charge in [-0.3, -0.25) is 9.59 Å². The van der Waals surface area contributed by atoms with E-state index >= 15 is 0 Å². The van der Waals surface area contributed by atoms with Crippen LogP contribution in [0.25, 0.3) is 0 Å². The first-order valence-corrected chi connectivity index (χ1v) is 4.46. The Morgan fingerprint density at radius 1 is 1.54 bits per heavy atom. The highest BCUT2D eigenvalue weighted by Crippen LogP contribution is 2.46. The summed E-state index contributed by atoms with van der Waals surface area (Å²) >= 11 is 0. The number of fused-ring (bicyclic) bond motifs is 1. The van der Waals surface area contributed by atoms with Gasteiger partial charge in [0, 0.05) is 0 Å². The zero-order valence-electron chi connectivity index (χ0n) is 7.79. The first-order chi connectivity index (χ1) is 6.04. The highest BCUT2D eigenvalue weighted by atomic mass is 16.6. The van der Waals surface area contributed by atoms with E-state index in [1.54, 1.807) is 0 Å². The molecule has 1 aliphatic carbocycles. The van der Waals surface area contributed by atoms with Crippen molar-refractivity contribution in [3.63, 3.8) is 0 Å². The van der Waals surface area contributed by atoms with Crippen molar-refractivity contribution < 1.29 is 14.3 Å². The molecule has 2 rings (SSSR count). The largest absolute Gasteiger partial charge is 0.392 e. The highest BCUT2D eigenvalue weighted by Gasteiger charge is 2.54. The number of allylic oxidation sites excluding steroid dienone is 2. The minimum atomic E-state index is -0.587. The summed E-state index contributed by atoms with van der Waals surface area (Å²) in [7, 11) is 0. The third-order valence-electron chi connectivity index (χ3n) is 3.06. The lowest BCUT2D eigenvalue weighted by Crippen LogP contribution is -2.33. The van der Waals surface area contributed by atoms with E-state index in [0.717, 1.165) is 0 Å². The summed E-state index contributed by atoms with van der Waals surface area (Å²) in [6.45, 7) is 3.80. The van der Waals surface area contributed by atoms with Gasteiger partial charge in [-0.1, -0.05) is 11.6 Å². The van der Waals surface area contributed by atoms with Crippen LogP contribution in [0, 0.1) is 11.3 Å². The minimum absolute atomic E-state index is 0.247. The van der Waals surface area contributed by atoms with E-state index < -0.39 is 5.41 Å². The summed E-state index contributed by atoms with van der Waals surface area (Å²) in [6, 6.07) is 0. The summed E-state index contributed by atoms with van der Waals surface area (Å²) in [5.74, 6) is -0.949. The van der Waals surface area contributed by atoms with E-state index in [0.29, 0.717) is 12.8 Å². The molecule has 0 saturated carbocycles. The van der Waals surface area contributed by atoms with Gasteiger partial charge >= 0.3 is 11.9 Å². The summed E-state index contributed by atoms with van der Waals surface area (Å²) in [6.07, 6.45) is 3.32. The Kier molecular flexibility index (Phi) is 1.59. The molecule has 0 bridgehead atoms. The first kappa shape index (κ1) is 8.48. The third-order valence-corrected chi connectivity index (χ3v) is 3.06. The molecule has 3 heteroatoms. The highest BCUT2D eigenvalue weighted by molar-refractivity contribution is 5.99. The maximum Gasteiger partial charge on any atom is 0.320 e. The lowest BCUT2D eigenvalue weighted by atomic mass is 9.69. The number of hydrogen-bond acceptors (Lipinski definition) is 3. The molecule has 70 valence electrons. The van der Waals surface area contributed by atoms with Gasteiger partial charge < -0.3 is 4.74 Å². The average Bonchev–Trinajstić information content (AvgIpc) is 2.23. The normalized spacial score (nSPS) is 38.3. The zero-order chi connectivity index (χ0) is 9.64. The summed E-state index contributed by atoms with van der Waals surface area (Å²) in [4.78, 5) is 22.7. The molecule has 1 aliphatic heterocycles. The van der Waals surface area contributed by atoms with Gasteiger partial charge in [0.1, 0.15) is 0 Å². The zero-order valence-corrected chi connectivity index (χ0v) is 7.79. The fourth-order valence-corrected chi connectivity index (χ4v) is 2.20. The van der Waals surface area contributed by atoms with Gasteiger partial charge in [0.05, 0.1) is 11.3 Å². The quantitative estimate of drug-likeness (QED) is 0.322. The fraction of sp³-hybridized carbons (Fsp3) is 0.600. The maximum atomic E-state index is 11.4. The van der Waals surface area contributed by atoms with Gasteiger partial charge in [-0.2, -0.15) is 0 Å². The molecule has 0 N–H and O–H groups in total. The second kappa shape index (κ2) is 2.44. The van der Waals surface area contributed by atoms with Crippen LogP contribution < -0.4 is 0 Å². The Morgan fingerprint density at radius 3 is 2.92 bits per heavy atom. The molecule has 2 unspecified atom stereocenters. The Hall–Kier alpha value is -1.12. The van der Waals surface area contributed by atoms with Crippen LogP contribution in [0.3, 0.4) is 0 Å². The monoisotopic (exact) mass is 180 g/mol. The topological polar surface area (TPSA) is 43.4 Å². The second-order valence-corrected chi connectivity index (χ2v) is 4.14. The number of esters is 2. The van der Waals surface area contributed by atoms with E-state index in [2.05, 4.69) is 4.74 Å². The SMILES string of the molecule is CC1=CCC2C(=O)OC(=O)C2(C)C1. The van der Waals surface area contributed by atoms with Crippen LogP contribution in [0.5, 0.6) is 0 Å². The van der Waals surface area contributed by atoms with Crippen LogP contribution >= 0.6 is 0 Å². The van der Waals surface area contributed by atoms with Crippen molar-refractivity contribution in [2.75, 3.05) is 0 Å². The number of cyclic esters (lactones) is 2. The molecule has 1 saturated heterocycles. The molecule has 1 heterocycles. The molecule has 2 atom stereocenters. The van der Waals surface area contributed by atoms with Crippen LogP contribution in [0.15, 0.2) is 11.6 Å². The molecule has 0 aromatic carbocycles. The fourth-order valence-electron chi connectivity index (χ4n) is 2.20. The molecule has 0 amide bonds. The van der Waals surface area contributed by atoms with Crippen molar-refractivity contribution in [1.29, 1.82) is 0 Å². The molecule has 0 radical (unpaired) electrons. The van der Waals surface area contributed by atoms with E-state index in [4.69, 9.17) is 0 Å². The van der Waals surface area contributed by atoms with Gasteiger partial charge in [0.25, 0.3) is 0 Å². The second-order valence-electron chi connectivity index (χ2n) is 4.14. The van der Waals surface area contributed by atoms with Crippen molar-refractivity contribution >= 4 is 11.9 Å². The molecule has 13 heavy (non-hydrogen) atoms. The van der Waals surface area contributed by atoms with Crippen molar-refractivity contribution in [1.82, 2.24) is 0 Å². The van der Waals surface area contributed by atoms with Gasteiger partial charge in [0.15, 0.2) is 0 Å². The third kappa shape index (κ3) is 1.03. The molecular weight excluding hydrogens is 168 g/mol. The van der Waals surface area contributed by atoms with E-state index in [9.17, 15) is 9.59 Å². The maximum absolute atomic E-state index is 11.4. The summed E-state index contributed by atoms with van der Waals surface area (Å²) < 4.78 is 4.65. The molecule has 2 aliphatic rings. The number of carbonyl (C=O) groups is 2. The number of rotatable bonds is 0. The number of ether oxygens (including phenoxy) is 1. The van der Waals surface area contributed by atoms with Crippen LogP contribution in [-0.4, -0.2) is 11.9 Å². The predicted octanol–water partition coefficient (Wildman–Crippen LogP) is 1.43. The van der Waals surface area contributed by atoms with Gasteiger partial charge in [0.2, 0.25) is 0 Å². The smallest absolute Gasteiger partial charge is 0.320 e. The lowest BCUT2D eigenvalue weighted by molar-refractivity contribution is -0.155. The first-order valence-electron chi connectivity index (χ1n) is 4.46. The summed E-state index contributed by atoms with van der Waals surface area (Å²) in [5.41, 5.74) is 0.584. The van der Waals surface area contributed by atoms with Gasteiger partial charge in [-0.05, 0) is 26.7 Å². The Balaban J connectivity index is 2.40. The van der Waals surface area contributed by atoms with Crippen molar-refractivity contribution in [2.24, 2.45) is 11.3 Å². The number of carbonyl (C=O) groups excluding carboxylic acids is 2. The standard InChI is InChI=1S/C10H12O3/c1-6-3-4-7-8(11)13-9(12)10(7,2)5-6/h3,7H,4-5H2,1-2H3. The number of hydrogen-bond donors (Lipinski definition) is 0. The molecular formula is C10H12O3. The van der Waals surface area contributed by atoms with E-state index in [1.807, 2.05) is 19.9 Å². The van der Waals surface area contributed by atoms with Crippen LogP contribution in [0.4, 0.5) is 0 Å². The Morgan fingerprint density at radius 2 is 2.23 bits per heavy atom. The Bertz CT molecular complexity index is 316. The van der Waals surface area contributed by atoms with E-state index in [1.165, 1.54) is 5.57 Å². The Labute approximate surface area is 76.8 Å². The minimum Gasteiger partial charge on any atom is -0.392 e. The van der Waals surface area contributed by atoms with Crippen LogP contribution in [0.2, 0.25) is 0 Å². The molecule has 1 fully saturated rings. The van der Waals surface area contributed by atoms with Crippen molar-refractivity contribution in [2.45, 2.75) is 26.7 Å². The lowest BCUT2D eigenvalue weighted by Gasteiger charge is -2.28. The molecule has 0 spiro atoms. The molecule has 3 nitrogen and oxygen atoms in total. The van der Waals surface area contributed by atoms with E-state index in [-0.39, 0.29) is 17.9 Å². The van der Waals surface area contributed by atoms with Crippen molar-refractivity contribution in [3.8, 4) is 0 Å². The van der Waals surface area contributed by atoms with Crippen molar-refractivity contribution in [3.05, 3.63) is 11.6 Å². The predicted molar refractivity (Wildman–Crippen MR) is 45.7 cm³/mol. The van der Waals surface area contributed by atoms with Gasteiger partial charge in [-0.25, -0.2) is 0 Å².